The van der Waals surface area contributed by atoms with E-state index in [-0.39, 0.29) is 5.97 Å². The van der Waals surface area contributed by atoms with Gasteiger partial charge in [-0.3, -0.25) is 0 Å². The SMILES string of the molecule is CCOC(=O)c1c(-c2cc3sc([Si](C(C)C)(C(C)C)C(C)C)cc3s2)sc2cc(Cl)sc12. The van der Waals surface area contributed by atoms with Crippen molar-refractivity contribution in [2.45, 2.75) is 65.1 Å². The normalized spacial score (nSPS) is 12.8. The van der Waals surface area contributed by atoms with Crippen LogP contribution in [-0.2, 0) is 4.74 Å². The minimum absolute atomic E-state index is 0.254. The number of carbonyl (C=O) groups excluding carboxylic acids is 1. The zero-order valence-corrected chi connectivity index (χ0v) is 24.5. The molecule has 4 rings (SSSR count). The lowest BCUT2D eigenvalue weighted by atomic mass is 10.2. The Bertz CT molecular complexity index is 1220. The molecule has 0 atom stereocenters. The quantitative estimate of drug-likeness (QED) is 0.172. The molecule has 172 valence electrons. The highest BCUT2D eigenvalue weighted by atomic mass is 35.5. The second kappa shape index (κ2) is 9.15. The van der Waals surface area contributed by atoms with E-state index in [2.05, 4.69) is 53.7 Å². The number of fused-ring (bicyclic) bond motifs is 2. The minimum Gasteiger partial charge on any atom is -0.462 e. The van der Waals surface area contributed by atoms with Crippen molar-refractivity contribution in [3.05, 3.63) is 28.1 Å². The number of esters is 1. The van der Waals surface area contributed by atoms with Gasteiger partial charge in [0, 0.05) is 19.0 Å². The largest absolute Gasteiger partial charge is 0.462 e. The average molecular weight is 541 g/mol. The molecule has 0 aliphatic heterocycles. The topological polar surface area (TPSA) is 26.3 Å². The zero-order chi connectivity index (χ0) is 23.4. The molecule has 0 aliphatic rings. The number of carbonyl (C=O) groups is 1. The lowest BCUT2D eigenvalue weighted by Crippen LogP contribution is -2.54. The predicted molar refractivity (Wildman–Crippen MR) is 150 cm³/mol. The summed E-state index contributed by atoms with van der Waals surface area (Å²) in [5.74, 6) is -0.254. The second-order valence-corrected chi connectivity index (χ2v) is 20.3. The van der Waals surface area contributed by atoms with Crippen LogP contribution in [-0.4, -0.2) is 20.7 Å². The number of hydrogen-bond donors (Lipinski definition) is 0. The first kappa shape index (κ1) is 24.4. The van der Waals surface area contributed by atoms with Crippen LogP contribution in [0.3, 0.4) is 0 Å². The third kappa shape index (κ3) is 3.83. The van der Waals surface area contributed by atoms with Crippen molar-refractivity contribution in [2.24, 2.45) is 0 Å². The maximum atomic E-state index is 12.8. The number of hydrogen-bond acceptors (Lipinski definition) is 6. The summed E-state index contributed by atoms with van der Waals surface area (Å²) in [6, 6.07) is 6.71. The third-order valence-electron chi connectivity index (χ3n) is 6.54. The first-order valence-electron chi connectivity index (χ1n) is 11.0. The Labute approximate surface area is 212 Å². The monoisotopic (exact) mass is 540 g/mol. The van der Waals surface area contributed by atoms with Gasteiger partial charge in [-0.2, -0.15) is 0 Å². The lowest BCUT2D eigenvalue weighted by molar-refractivity contribution is 0.0530. The van der Waals surface area contributed by atoms with Crippen molar-refractivity contribution in [3.8, 4) is 9.75 Å². The van der Waals surface area contributed by atoms with Gasteiger partial charge in [-0.05, 0) is 46.2 Å². The van der Waals surface area contributed by atoms with Gasteiger partial charge in [0.1, 0.15) is 8.07 Å². The molecular weight excluding hydrogens is 512 g/mol. The standard InChI is InChI=1S/C24H29ClO2S4Si/c1-8-27-24(26)21-22(30-18-10-19(25)31-23(18)21)17-9-15-16(28-17)11-20(29-15)32(12(2)3,13(4)5)14(6)7/h9-14H,8H2,1-7H3. The average Bonchev–Trinajstić information content (AvgIpc) is 3.39. The van der Waals surface area contributed by atoms with Crippen molar-refractivity contribution >= 4 is 94.3 Å². The molecule has 0 saturated carbocycles. The Morgan fingerprint density at radius 2 is 1.53 bits per heavy atom. The van der Waals surface area contributed by atoms with Crippen LogP contribution in [0.5, 0.6) is 0 Å². The smallest absolute Gasteiger partial charge is 0.341 e. The molecule has 0 saturated heterocycles. The van der Waals surface area contributed by atoms with E-state index in [0.717, 1.165) is 19.2 Å². The van der Waals surface area contributed by atoms with E-state index < -0.39 is 8.07 Å². The Hall–Kier alpha value is -0.703. The van der Waals surface area contributed by atoms with Gasteiger partial charge in [0.2, 0.25) is 0 Å². The van der Waals surface area contributed by atoms with Gasteiger partial charge >= 0.3 is 5.97 Å². The van der Waals surface area contributed by atoms with Crippen molar-refractivity contribution in [3.63, 3.8) is 0 Å². The van der Waals surface area contributed by atoms with E-state index in [4.69, 9.17) is 16.3 Å². The molecule has 4 heterocycles. The summed E-state index contributed by atoms with van der Waals surface area (Å²) in [4.78, 5) is 15.0. The van der Waals surface area contributed by atoms with Gasteiger partial charge in [-0.1, -0.05) is 53.1 Å². The van der Waals surface area contributed by atoms with Crippen molar-refractivity contribution in [2.75, 3.05) is 6.61 Å². The van der Waals surface area contributed by atoms with Crippen LogP contribution in [0.15, 0.2) is 18.2 Å². The first-order chi connectivity index (χ1) is 15.1. The van der Waals surface area contributed by atoms with Crippen LogP contribution in [0.4, 0.5) is 0 Å². The molecule has 0 aromatic carbocycles. The fourth-order valence-electron chi connectivity index (χ4n) is 5.44. The second-order valence-electron chi connectivity index (χ2n) is 9.12. The molecule has 0 amide bonds. The molecule has 4 aromatic rings. The van der Waals surface area contributed by atoms with Crippen molar-refractivity contribution in [1.29, 1.82) is 0 Å². The Balaban J connectivity index is 1.84. The third-order valence-corrected chi connectivity index (χ3v) is 19.5. The first-order valence-corrected chi connectivity index (χ1v) is 16.9. The fraction of sp³-hybridized carbons (Fsp3) is 0.458. The maximum absolute atomic E-state index is 12.8. The van der Waals surface area contributed by atoms with E-state index in [9.17, 15) is 4.79 Å². The van der Waals surface area contributed by atoms with Crippen LogP contribution >= 0.6 is 56.9 Å². The molecule has 0 N–H and O–H groups in total. The Kier molecular flexibility index (Phi) is 6.99. The molecule has 8 heteroatoms. The predicted octanol–water partition coefficient (Wildman–Crippen LogP) is 9.62. The summed E-state index contributed by atoms with van der Waals surface area (Å²) in [5.41, 5.74) is 2.75. The van der Waals surface area contributed by atoms with Gasteiger partial charge in [-0.25, -0.2) is 4.79 Å². The highest BCUT2D eigenvalue weighted by molar-refractivity contribution is 7.38. The molecule has 0 fully saturated rings. The van der Waals surface area contributed by atoms with Crippen LogP contribution in [0.25, 0.3) is 28.6 Å². The zero-order valence-electron chi connectivity index (χ0n) is 19.5. The molecular formula is C24H29ClO2S4Si. The highest BCUT2D eigenvalue weighted by Gasteiger charge is 2.45. The van der Waals surface area contributed by atoms with Crippen molar-refractivity contribution in [1.82, 2.24) is 0 Å². The molecule has 0 unspecified atom stereocenters. The summed E-state index contributed by atoms with van der Waals surface area (Å²) in [7, 11) is -1.67. The van der Waals surface area contributed by atoms with Crippen LogP contribution < -0.4 is 4.50 Å². The van der Waals surface area contributed by atoms with Gasteiger partial charge in [0.25, 0.3) is 0 Å². The van der Waals surface area contributed by atoms with E-state index in [1.165, 1.54) is 20.7 Å². The lowest BCUT2D eigenvalue weighted by Gasteiger charge is -2.42. The van der Waals surface area contributed by atoms with E-state index in [1.807, 2.05) is 24.3 Å². The van der Waals surface area contributed by atoms with Gasteiger partial charge in [0.05, 0.1) is 26.1 Å². The van der Waals surface area contributed by atoms with Crippen molar-refractivity contribution < 1.29 is 9.53 Å². The molecule has 0 spiro atoms. The molecule has 32 heavy (non-hydrogen) atoms. The highest BCUT2D eigenvalue weighted by Crippen LogP contribution is 2.49. The van der Waals surface area contributed by atoms with Crippen LogP contribution in [0.2, 0.25) is 21.0 Å². The molecule has 0 aliphatic carbocycles. The Morgan fingerprint density at radius 1 is 0.906 bits per heavy atom. The number of ether oxygens (including phenoxy) is 1. The van der Waals surface area contributed by atoms with Gasteiger partial charge < -0.3 is 4.74 Å². The van der Waals surface area contributed by atoms with Gasteiger partial charge in [-0.15, -0.1) is 45.3 Å². The van der Waals surface area contributed by atoms with Gasteiger partial charge in [0.15, 0.2) is 0 Å². The van der Waals surface area contributed by atoms with E-state index in [1.54, 1.807) is 27.2 Å². The maximum Gasteiger partial charge on any atom is 0.341 e. The molecule has 2 nitrogen and oxygen atoms in total. The number of thiophene rings is 4. The summed E-state index contributed by atoms with van der Waals surface area (Å²) in [6.07, 6.45) is 0. The van der Waals surface area contributed by atoms with E-state index in [0.29, 0.717) is 33.1 Å². The molecule has 4 aromatic heterocycles. The summed E-state index contributed by atoms with van der Waals surface area (Å²) >= 11 is 13.1. The number of rotatable bonds is 7. The van der Waals surface area contributed by atoms with Crippen LogP contribution in [0, 0.1) is 0 Å². The van der Waals surface area contributed by atoms with E-state index >= 15 is 0 Å². The molecule has 0 bridgehead atoms. The summed E-state index contributed by atoms with van der Waals surface area (Å²) < 4.78 is 12.4. The van der Waals surface area contributed by atoms with Crippen LogP contribution in [0.1, 0.15) is 58.8 Å². The summed E-state index contributed by atoms with van der Waals surface area (Å²) in [6.45, 7) is 16.7. The number of halogens is 1. The Morgan fingerprint density at radius 3 is 2.09 bits per heavy atom. The molecule has 0 radical (unpaired) electrons. The minimum atomic E-state index is -1.67. The summed E-state index contributed by atoms with van der Waals surface area (Å²) in [5, 5.41) is 0. The fourth-order valence-corrected chi connectivity index (χ4v) is 19.8.